The maximum absolute atomic E-state index is 14.0. The summed E-state index contributed by atoms with van der Waals surface area (Å²) in [5.74, 6) is -2.69. The van der Waals surface area contributed by atoms with Gasteiger partial charge < -0.3 is 9.64 Å². The molecular weight excluding hydrogens is 535 g/mol. The van der Waals surface area contributed by atoms with Crippen LogP contribution in [0.15, 0.2) is 79.1 Å². The lowest BCUT2D eigenvalue weighted by atomic mass is 9.88. The molecule has 1 fully saturated rings. The van der Waals surface area contributed by atoms with Gasteiger partial charge in [0.15, 0.2) is 11.6 Å². The van der Waals surface area contributed by atoms with E-state index in [1.807, 2.05) is 0 Å². The molecular formula is C31H24F3N3O4. The summed E-state index contributed by atoms with van der Waals surface area (Å²) in [7, 11) is 0. The van der Waals surface area contributed by atoms with Crippen molar-refractivity contribution in [3.8, 4) is 11.6 Å². The second kappa shape index (κ2) is 12.1. The Morgan fingerprint density at radius 3 is 2.20 bits per heavy atom. The monoisotopic (exact) mass is 559 g/mol. The Balaban J connectivity index is 1.13. The van der Waals surface area contributed by atoms with Crippen molar-refractivity contribution < 1.29 is 32.3 Å². The first-order valence-electron chi connectivity index (χ1n) is 12.9. The number of hydrogen-bond donors (Lipinski definition) is 0. The van der Waals surface area contributed by atoms with E-state index in [9.17, 15) is 27.6 Å². The first kappa shape index (κ1) is 27.7. The molecule has 1 aliphatic heterocycles. The Hall–Kier alpha value is -4.86. The van der Waals surface area contributed by atoms with E-state index < -0.39 is 23.3 Å². The molecule has 2 aromatic heterocycles. The number of rotatable bonds is 8. The summed E-state index contributed by atoms with van der Waals surface area (Å²) in [5, 5.41) is 0. The van der Waals surface area contributed by atoms with E-state index in [2.05, 4.69) is 9.97 Å². The maximum atomic E-state index is 14.0. The highest BCUT2D eigenvalue weighted by Crippen LogP contribution is 2.25. The number of halogens is 3. The predicted octanol–water partition coefficient (Wildman–Crippen LogP) is 5.85. The summed E-state index contributed by atoms with van der Waals surface area (Å²) in [6, 6.07) is 14.7. The Labute approximate surface area is 233 Å². The fraction of sp³-hybridized carbons (Fsp3) is 0.194. The van der Waals surface area contributed by atoms with Crippen LogP contribution in [0.25, 0.3) is 0 Å². The number of benzene rings is 2. The number of carbonyl (C=O) groups excluding carboxylic acids is 3. The van der Waals surface area contributed by atoms with Gasteiger partial charge in [-0.1, -0.05) is 6.07 Å². The fourth-order valence-electron chi connectivity index (χ4n) is 4.60. The molecule has 2 aromatic carbocycles. The average molecular weight is 560 g/mol. The number of nitrogens with zero attached hydrogens (tertiary/aromatic N) is 3. The third-order valence-corrected chi connectivity index (χ3v) is 6.84. The fourth-order valence-corrected chi connectivity index (χ4v) is 4.60. The van der Waals surface area contributed by atoms with Crippen molar-refractivity contribution in [3.05, 3.63) is 119 Å². The minimum atomic E-state index is -0.890. The third kappa shape index (κ3) is 6.66. The van der Waals surface area contributed by atoms with Gasteiger partial charge in [-0.25, -0.2) is 18.2 Å². The van der Waals surface area contributed by atoms with Crippen LogP contribution in [0, 0.1) is 23.4 Å². The molecule has 0 N–H and O–H groups in total. The molecule has 0 radical (unpaired) electrons. The molecule has 0 unspecified atom stereocenters. The van der Waals surface area contributed by atoms with E-state index in [1.54, 1.807) is 17.0 Å². The van der Waals surface area contributed by atoms with Crippen LogP contribution in [-0.2, 0) is 6.42 Å². The summed E-state index contributed by atoms with van der Waals surface area (Å²) in [6.07, 6.45) is 3.60. The summed E-state index contributed by atoms with van der Waals surface area (Å²) in [4.78, 5) is 48.3. The zero-order chi connectivity index (χ0) is 28.9. The lowest BCUT2D eigenvalue weighted by Crippen LogP contribution is -2.40. The van der Waals surface area contributed by atoms with Gasteiger partial charge in [-0.15, -0.1) is 0 Å². The Morgan fingerprint density at radius 1 is 0.829 bits per heavy atom. The number of ether oxygens (including phenoxy) is 1. The van der Waals surface area contributed by atoms with E-state index in [-0.39, 0.29) is 35.2 Å². The molecule has 10 heteroatoms. The van der Waals surface area contributed by atoms with Gasteiger partial charge in [-0.2, -0.15) is 0 Å². The number of carbonyl (C=O) groups is 3. The minimum Gasteiger partial charge on any atom is -0.439 e. The van der Waals surface area contributed by atoms with Crippen LogP contribution < -0.4 is 4.74 Å². The Bertz CT molecular complexity index is 1570. The predicted molar refractivity (Wildman–Crippen MR) is 142 cm³/mol. The zero-order valence-corrected chi connectivity index (χ0v) is 21.7. The van der Waals surface area contributed by atoms with E-state index in [4.69, 9.17) is 4.74 Å². The van der Waals surface area contributed by atoms with Crippen molar-refractivity contribution in [2.24, 2.45) is 5.92 Å². The molecule has 1 aliphatic rings. The molecule has 7 nitrogen and oxygen atoms in total. The molecule has 4 aromatic rings. The molecule has 41 heavy (non-hydrogen) atoms. The van der Waals surface area contributed by atoms with E-state index >= 15 is 0 Å². The highest BCUT2D eigenvalue weighted by molar-refractivity contribution is 5.99. The van der Waals surface area contributed by atoms with Gasteiger partial charge in [0.05, 0.1) is 11.1 Å². The third-order valence-electron chi connectivity index (χ3n) is 6.84. The number of hydrogen-bond acceptors (Lipinski definition) is 6. The number of ketones is 2. The Morgan fingerprint density at radius 2 is 1.56 bits per heavy atom. The molecule has 0 atom stereocenters. The molecule has 5 rings (SSSR count). The van der Waals surface area contributed by atoms with Gasteiger partial charge in [0.25, 0.3) is 5.91 Å². The molecule has 3 heterocycles. The van der Waals surface area contributed by atoms with Crippen LogP contribution in [0.4, 0.5) is 13.2 Å². The number of Topliss-reactive ketones (excluding diaryl/α,β-unsaturated/α-hetero) is 2. The van der Waals surface area contributed by atoms with Crippen molar-refractivity contribution in [1.29, 1.82) is 0 Å². The lowest BCUT2D eigenvalue weighted by molar-refractivity contribution is 0.0648. The quantitative estimate of drug-likeness (QED) is 0.252. The summed E-state index contributed by atoms with van der Waals surface area (Å²) < 4.78 is 45.8. The smallest absolute Gasteiger partial charge is 0.255 e. The molecule has 208 valence electrons. The van der Waals surface area contributed by atoms with Crippen molar-refractivity contribution in [2.75, 3.05) is 13.1 Å². The number of amides is 1. The molecule has 0 bridgehead atoms. The van der Waals surface area contributed by atoms with Gasteiger partial charge in [-0.05, 0) is 66.9 Å². The second-order valence-electron chi connectivity index (χ2n) is 9.65. The topological polar surface area (TPSA) is 89.5 Å². The van der Waals surface area contributed by atoms with Gasteiger partial charge in [0.1, 0.15) is 28.9 Å². The van der Waals surface area contributed by atoms with E-state index in [0.29, 0.717) is 54.8 Å². The number of pyridine rings is 2. The highest BCUT2D eigenvalue weighted by Gasteiger charge is 2.30. The van der Waals surface area contributed by atoms with Gasteiger partial charge in [0, 0.05) is 50.0 Å². The van der Waals surface area contributed by atoms with Crippen LogP contribution >= 0.6 is 0 Å². The van der Waals surface area contributed by atoms with E-state index in [0.717, 1.165) is 12.1 Å². The highest BCUT2D eigenvalue weighted by atomic mass is 19.1. The molecule has 1 amide bonds. The summed E-state index contributed by atoms with van der Waals surface area (Å²) >= 11 is 0. The molecule has 1 saturated heterocycles. The first-order valence-corrected chi connectivity index (χ1v) is 12.9. The van der Waals surface area contributed by atoms with Crippen LogP contribution in [0.3, 0.4) is 0 Å². The molecule has 0 saturated carbocycles. The van der Waals surface area contributed by atoms with Gasteiger partial charge in [0.2, 0.25) is 5.88 Å². The standard InChI is InChI=1S/C31H24F3N3O4/c32-22-3-6-24(7-4-22)41-29-10-1-19(17-36-29)15-28(38)27-9-2-21(18-35-27)31(40)37-13-11-20(12-14-37)30(39)25-8-5-23(33)16-26(25)34/h1-10,16-18,20H,11-15H2. The van der Waals surface area contributed by atoms with Crippen LogP contribution in [0.5, 0.6) is 11.6 Å². The normalized spacial score (nSPS) is 13.6. The van der Waals surface area contributed by atoms with Crippen molar-refractivity contribution in [2.45, 2.75) is 19.3 Å². The van der Waals surface area contributed by atoms with Gasteiger partial charge in [-0.3, -0.25) is 19.4 Å². The second-order valence-corrected chi connectivity index (χ2v) is 9.65. The molecule has 0 spiro atoms. The lowest BCUT2D eigenvalue weighted by Gasteiger charge is -2.31. The SMILES string of the molecule is O=C(Cc1ccc(Oc2ccc(F)cc2)nc1)c1ccc(C(=O)N2CCC(C(=O)c3ccc(F)cc3F)CC2)cn1. The average Bonchev–Trinajstić information content (AvgIpc) is 2.99. The summed E-state index contributed by atoms with van der Waals surface area (Å²) in [6.45, 7) is 0.596. The number of aromatic nitrogens is 2. The largest absolute Gasteiger partial charge is 0.439 e. The first-order chi connectivity index (χ1) is 19.8. The van der Waals surface area contributed by atoms with Crippen molar-refractivity contribution in [3.63, 3.8) is 0 Å². The minimum absolute atomic E-state index is 0.0420. The maximum Gasteiger partial charge on any atom is 0.255 e. The van der Waals surface area contributed by atoms with Crippen LogP contribution in [0.1, 0.15) is 49.6 Å². The number of piperidine rings is 1. The van der Waals surface area contributed by atoms with Crippen molar-refractivity contribution in [1.82, 2.24) is 14.9 Å². The number of likely N-dealkylation sites (tertiary alicyclic amines) is 1. The zero-order valence-electron chi connectivity index (χ0n) is 21.7. The molecule has 0 aliphatic carbocycles. The Kier molecular flexibility index (Phi) is 8.19. The summed E-state index contributed by atoms with van der Waals surface area (Å²) in [5.41, 5.74) is 0.991. The van der Waals surface area contributed by atoms with E-state index in [1.165, 1.54) is 48.8 Å². The van der Waals surface area contributed by atoms with Gasteiger partial charge >= 0.3 is 0 Å². The van der Waals surface area contributed by atoms with Crippen LogP contribution in [-0.4, -0.2) is 45.4 Å². The van der Waals surface area contributed by atoms with Crippen LogP contribution in [0.2, 0.25) is 0 Å². The van der Waals surface area contributed by atoms with Crippen molar-refractivity contribution >= 4 is 17.5 Å².